The smallest absolute Gasteiger partial charge is 0.119 e. The summed E-state index contributed by atoms with van der Waals surface area (Å²) in [5.41, 5.74) is 2.32. The van der Waals surface area contributed by atoms with Crippen LogP contribution in [0.2, 0.25) is 5.02 Å². The Bertz CT molecular complexity index is 804. The van der Waals surface area contributed by atoms with Crippen molar-refractivity contribution in [1.29, 1.82) is 0 Å². The maximum absolute atomic E-state index is 5.89. The molecule has 140 valence electrons. The molecule has 0 aliphatic heterocycles. The third-order valence-corrected chi connectivity index (χ3v) is 4.35. The van der Waals surface area contributed by atoms with Gasteiger partial charge in [-0.25, -0.2) is 0 Å². The van der Waals surface area contributed by atoms with Crippen LogP contribution in [-0.2, 0) is 6.42 Å². The number of hydrogen-bond acceptors (Lipinski definition) is 3. The summed E-state index contributed by atoms with van der Waals surface area (Å²) >= 11 is 5.89. The Morgan fingerprint density at radius 2 is 1.52 bits per heavy atom. The zero-order chi connectivity index (χ0) is 18.9. The SMILES string of the molecule is CC(CNc1ccc(OCCc2ccccc2)cc1)Oc1ccc(Cl)cc1. The van der Waals surface area contributed by atoms with Crippen LogP contribution in [0.25, 0.3) is 0 Å². The Hall–Kier alpha value is -2.65. The zero-order valence-electron chi connectivity index (χ0n) is 15.4. The van der Waals surface area contributed by atoms with E-state index in [4.69, 9.17) is 21.1 Å². The van der Waals surface area contributed by atoms with Crippen LogP contribution in [0.4, 0.5) is 5.69 Å². The van der Waals surface area contributed by atoms with Crippen molar-refractivity contribution in [3.8, 4) is 11.5 Å². The Balaban J connectivity index is 1.40. The standard InChI is InChI=1S/C23H24ClNO2/c1-18(27-23-11-7-20(24)8-12-23)17-25-21-9-13-22(14-10-21)26-16-15-19-5-3-2-4-6-19/h2-14,18,25H,15-17H2,1H3. The van der Waals surface area contributed by atoms with Crippen molar-refractivity contribution >= 4 is 17.3 Å². The van der Waals surface area contributed by atoms with Gasteiger partial charge < -0.3 is 14.8 Å². The molecule has 0 radical (unpaired) electrons. The fourth-order valence-corrected chi connectivity index (χ4v) is 2.78. The van der Waals surface area contributed by atoms with Crippen LogP contribution in [-0.4, -0.2) is 19.3 Å². The first-order chi connectivity index (χ1) is 13.2. The lowest BCUT2D eigenvalue weighted by Gasteiger charge is -2.16. The molecule has 3 rings (SSSR count). The Labute approximate surface area is 165 Å². The molecule has 3 aromatic rings. The van der Waals surface area contributed by atoms with Crippen molar-refractivity contribution in [2.24, 2.45) is 0 Å². The predicted molar refractivity (Wildman–Crippen MR) is 112 cm³/mol. The van der Waals surface area contributed by atoms with Gasteiger partial charge in [0.1, 0.15) is 17.6 Å². The maximum Gasteiger partial charge on any atom is 0.119 e. The molecular formula is C23H24ClNO2. The summed E-state index contributed by atoms with van der Waals surface area (Å²) in [4.78, 5) is 0. The van der Waals surface area contributed by atoms with Gasteiger partial charge in [0.25, 0.3) is 0 Å². The van der Waals surface area contributed by atoms with Crippen LogP contribution >= 0.6 is 11.6 Å². The molecule has 1 unspecified atom stereocenters. The number of nitrogens with one attached hydrogen (secondary N) is 1. The molecule has 27 heavy (non-hydrogen) atoms. The summed E-state index contributed by atoms with van der Waals surface area (Å²) in [7, 11) is 0. The molecule has 3 aromatic carbocycles. The van der Waals surface area contributed by atoms with Gasteiger partial charge in [-0.3, -0.25) is 0 Å². The van der Waals surface area contributed by atoms with Gasteiger partial charge in [-0.15, -0.1) is 0 Å². The van der Waals surface area contributed by atoms with Crippen LogP contribution < -0.4 is 14.8 Å². The average Bonchev–Trinajstić information content (AvgIpc) is 2.70. The maximum atomic E-state index is 5.89. The zero-order valence-corrected chi connectivity index (χ0v) is 16.2. The number of anilines is 1. The summed E-state index contributed by atoms with van der Waals surface area (Å²) in [5, 5.41) is 4.09. The molecule has 0 aliphatic carbocycles. The molecule has 0 saturated carbocycles. The molecule has 3 nitrogen and oxygen atoms in total. The first-order valence-electron chi connectivity index (χ1n) is 9.12. The molecule has 0 fully saturated rings. The molecule has 0 heterocycles. The summed E-state index contributed by atoms with van der Waals surface area (Å²) in [6.07, 6.45) is 0.938. The number of halogens is 1. The number of hydrogen-bond donors (Lipinski definition) is 1. The van der Waals surface area contributed by atoms with E-state index in [0.29, 0.717) is 18.2 Å². The highest BCUT2D eigenvalue weighted by molar-refractivity contribution is 6.30. The second-order valence-electron chi connectivity index (χ2n) is 6.37. The van der Waals surface area contributed by atoms with Gasteiger partial charge in [0.15, 0.2) is 0 Å². The van der Waals surface area contributed by atoms with Crippen LogP contribution in [0, 0.1) is 0 Å². The van der Waals surface area contributed by atoms with Gasteiger partial charge in [0.05, 0.1) is 13.2 Å². The van der Waals surface area contributed by atoms with Crippen molar-refractivity contribution in [2.75, 3.05) is 18.5 Å². The lowest BCUT2D eigenvalue weighted by Crippen LogP contribution is -2.22. The fraction of sp³-hybridized carbons (Fsp3) is 0.217. The van der Waals surface area contributed by atoms with E-state index in [2.05, 4.69) is 17.4 Å². The third kappa shape index (κ3) is 6.54. The van der Waals surface area contributed by atoms with Crippen LogP contribution in [0.1, 0.15) is 12.5 Å². The largest absolute Gasteiger partial charge is 0.493 e. The summed E-state index contributed by atoms with van der Waals surface area (Å²) in [5.74, 6) is 1.69. The second-order valence-corrected chi connectivity index (χ2v) is 6.81. The molecule has 1 N–H and O–H groups in total. The van der Waals surface area contributed by atoms with Crippen molar-refractivity contribution in [1.82, 2.24) is 0 Å². The monoisotopic (exact) mass is 381 g/mol. The highest BCUT2D eigenvalue weighted by Gasteiger charge is 2.04. The number of ether oxygens (including phenoxy) is 2. The van der Waals surface area contributed by atoms with E-state index in [0.717, 1.165) is 23.6 Å². The highest BCUT2D eigenvalue weighted by atomic mass is 35.5. The lowest BCUT2D eigenvalue weighted by molar-refractivity contribution is 0.235. The van der Waals surface area contributed by atoms with Gasteiger partial charge in [-0.1, -0.05) is 41.9 Å². The average molecular weight is 382 g/mol. The van der Waals surface area contributed by atoms with Gasteiger partial charge in [0.2, 0.25) is 0 Å². The van der Waals surface area contributed by atoms with E-state index in [-0.39, 0.29) is 6.10 Å². The molecule has 0 aromatic heterocycles. The molecular weight excluding hydrogens is 358 g/mol. The van der Waals surface area contributed by atoms with Gasteiger partial charge in [0, 0.05) is 17.1 Å². The first-order valence-corrected chi connectivity index (χ1v) is 9.50. The normalized spacial score (nSPS) is 11.6. The van der Waals surface area contributed by atoms with E-state index in [9.17, 15) is 0 Å². The Morgan fingerprint density at radius 3 is 2.22 bits per heavy atom. The summed E-state index contributed by atoms with van der Waals surface area (Å²) in [6.45, 7) is 3.41. The Morgan fingerprint density at radius 1 is 0.852 bits per heavy atom. The fourth-order valence-electron chi connectivity index (χ4n) is 2.65. The summed E-state index contributed by atoms with van der Waals surface area (Å²) in [6, 6.07) is 25.8. The van der Waals surface area contributed by atoms with Gasteiger partial charge in [-0.2, -0.15) is 0 Å². The van der Waals surface area contributed by atoms with Crippen LogP contribution in [0.15, 0.2) is 78.9 Å². The van der Waals surface area contributed by atoms with E-state index in [1.165, 1.54) is 5.56 Å². The van der Waals surface area contributed by atoms with Crippen molar-refractivity contribution < 1.29 is 9.47 Å². The Kier molecular flexibility index (Phi) is 7.00. The van der Waals surface area contributed by atoms with E-state index in [1.807, 2.05) is 73.7 Å². The second kappa shape index (κ2) is 9.89. The first kappa shape index (κ1) is 19.1. The van der Waals surface area contributed by atoms with Gasteiger partial charge in [-0.05, 0) is 61.0 Å². The van der Waals surface area contributed by atoms with E-state index < -0.39 is 0 Å². The lowest BCUT2D eigenvalue weighted by atomic mass is 10.2. The van der Waals surface area contributed by atoms with Crippen LogP contribution in [0.5, 0.6) is 11.5 Å². The quantitative estimate of drug-likeness (QED) is 0.505. The van der Waals surface area contributed by atoms with Gasteiger partial charge >= 0.3 is 0 Å². The molecule has 0 spiro atoms. The molecule has 0 aliphatic rings. The third-order valence-electron chi connectivity index (χ3n) is 4.10. The number of rotatable bonds is 9. The van der Waals surface area contributed by atoms with Crippen molar-refractivity contribution in [2.45, 2.75) is 19.4 Å². The van der Waals surface area contributed by atoms with E-state index >= 15 is 0 Å². The minimum absolute atomic E-state index is 0.0352. The molecule has 0 bridgehead atoms. The van der Waals surface area contributed by atoms with E-state index in [1.54, 1.807) is 0 Å². The summed E-state index contributed by atoms with van der Waals surface area (Å²) < 4.78 is 11.7. The minimum Gasteiger partial charge on any atom is -0.493 e. The molecule has 1 atom stereocenters. The minimum atomic E-state index is 0.0352. The predicted octanol–water partition coefficient (Wildman–Crippen LogP) is 5.84. The van der Waals surface area contributed by atoms with Crippen molar-refractivity contribution in [3.63, 3.8) is 0 Å². The topological polar surface area (TPSA) is 30.5 Å². The van der Waals surface area contributed by atoms with Crippen molar-refractivity contribution in [3.05, 3.63) is 89.4 Å². The molecule has 4 heteroatoms. The van der Waals surface area contributed by atoms with Crippen LogP contribution in [0.3, 0.4) is 0 Å². The number of benzene rings is 3. The molecule has 0 saturated heterocycles. The molecule has 0 amide bonds. The highest BCUT2D eigenvalue weighted by Crippen LogP contribution is 2.18.